The number of nitro groups is 1. The molecule has 0 aliphatic carbocycles. The standard InChI is InChI=1S/C25H17ClF2N6O5S2/c1-11-2-5-18(40-11)13-9-16(22(27)28)30-25-19(13)20(21(41-25)23(29)35)31-24(36)15-6-7-33(32-15)10-39-17-4-3-12(34(37)38)8-14(17)26/h2-9,22H,10H2,1H3,(H2,29,35)(H,31,36). The Kier molecular flexibility index (Phi) is 7.66. The van der Waals surface area contributed by atoms with Crippen LogP contribution in [0.2, 0.25) is 5.02 Å². The minimum Gasteiger partial charge on any atom is -0.470 e. The molecule has 0 unspecified atom stereocenters. The summed E-state index contributed by atoms with van der Waals surface area (Å²) in [5.74, 6) is -1.40. The van der Waals surface area contributed by atoms with E-state index in [1.165, 1.54) is 46.5 Å². The van der Waals surface area contributed by atoms with Crippen molar-refractivity contribution in [2.45, 2.75) is 20.1 Å². The van der Waals surface area contributed by atoms with E-state index in [4.69, 9.17) is 22.1 Å². The predicted octanol–water partition coefficient (Wildman–Crippen LogP) is 6.42. The summed E-state index contributed by atoms with van der Waals surface area (Å²) in [6.45, 7) is 1.68. The van der Waals surface area contributed by atoms with Crippen molar-refractivity contribution in [2.24, 2.45) is 5.73 Å². The van der Waals surface area contributed by atoms with E-state index in [1.54, 1.807) is 6.07 Å². The van der Waals surface area contributed by atoms with E-state index in [1.807, 2.05) is 13.0 Å². The number of halogens is 3. The second-order valence-electron chi connectivity index (χ2n) is 8.50. The Labute approximate surface area is 242 Å². The summed E-state index contributed by atoms with van der Waals surface area (Å²) in [6.07, 6.45) is -1.41. The van der Waals surface area contributed by atoms with E-state index in [2.05, 4.69) is 15.4 Å². The zero-order valence-corrected chi connectivity index (χ0v) is 23.2. The number of nitrogens with two attached hydrogens (primary N) is 1. The van der Waals surface area contributed by atoms with E-state index in [0.29, 0.717) is 15.8 Å². The van der Waals surface area contributed by atoms with Crippen molar-refractivity contribution in [3.8, 4) is 16.2 Å². The molecule has 0 aliphatic heterocycles. The average molecular weight is 619 g/mol. The summed E-state index contributed by atoms with van der Waals surface area (Å²) >= 11 is 8.20. The Bertz CT molecular complexity index is 1840. The Hall–Kier alpha value is -4.47. The van der Waals surface area contributed by atoms with Gasteiger partial charge in [0.05, 0.1) is 15.6 Å². The lowest BCUT2D eigenvalue weighted by atomic mass is 10.1. The van der Waals surface area contributed by atoms with Gasteiger partial charge in [0.1, 0.15) is 21.2 Å². The molecule has 0 atom stereocenters. The van der Waals surface area contributed by atoms with Crippen LogP contribution >= 0.6 is 34.3 Å². The first kappa shape index (κ1) is 28.1. The van der Waals surface area contributed by atoms with Crippen LogP contribution in [-0.4, -0.2) is 31.5 Å². The number of rotatable bonds is 9. The summed E-state index contributed by atoms with van der Waals surface area (Å²) < 4.78 is 34.2. The normalized spacial score (nSPS) is 11.2. The molecule has 0 bridgehead atoms. The molecule has 0 aliphatic rings. The molecule has 16 heteroatoms. The van der Waals surface area contributed by atoms with Crippen molar-refractivity contribution in [1.29, 1.82) is 0 Å². The van der Waals surface area contributed by atoms with Crippen LogP contribution in [0.5, 0.6) is 5.75 Å². The molecular formula is C25H17ClF2N6O5S2. The van der Waals surface area contributed by atoms with Gasteiger partial charge in [-0.1, -0.05) is 11.6 Å². The number of aryl methyl sites for hydroxylation is 1. The maximum atomic E-state index is 13.7. The smallest absolute Gasteiger partial charge is 0.280 e. The van der Waals surface area contributed by atoms with Crippen molar-refractivity contribution in [3.63, 3.8) is 0 Å². The zero-order valence-electron chi connectivity index (χ0n) is 20.8. The fourth-order valence-electron chi connectivity index (χ4n) is 3.88. The van der Waals surface area contributed by atoms with Gasteiger partial charge in [0.15, 0.2) is 12.4 Å². The number of pyridine rings is 1. The molecule has 0 fully saturated rings. The Morgan fingerprint density at radius 3 is 2.63 bits per heavy atom. The Balaban J connectivity index is 1.45. The van der Waals surface area contributed by atoms with Gasteiger partial charge in [-0.25, -0.2) is 18.4 Å². The number of aromatic nitrogens is 3. The van der Waals surface area contributed by atoms with E-state index in [9.17, 15) is 28.5 Å². The van der Waals surface area contributed by atoms with Crippen LogP contribution in [0, 0.1) is 17.0 Å². The van der Waals surface area contributed by atoms with Crippen molar-refractivity contribution < 1.29 is 28.0 Å². The number of primary amides is 1. The third-order valence-corrected chi connectivity index (χ3v) is 8.15. The highest BCUT2D eigenvalue weighted by Gasteiger charge is 2.26. The molecule has 0 saturated heterocycles. The predicted molar refractivity (Wildman–Crippen MR) is 150 cm³/mol. The maximum Gasteiger partial charge on any atom is 0.280 e. The molecule has 4 aromatic heterocycles. The number of alkyl halides is 2. The summed E-state index contributed by atoms with van der Waals surface area (Å²) in [7, 11) is 0. The number of thiophene rings is 2. The van der Waals surface area contributed by atoms with Crippen LogP contribution in [-0.2, 0) is 6.73 Å². The SMILES string of the molecule is Cc1ccc(-c2cc(C(F)F)nc3sc(C(N)=O)c(NC(=O)c4ccn(COc5ccc([N+](=O)[O-])cc5Cl)n4)c23)s1. The van der Waals surface area contributed by atoms with Crippen molar-refractivity contribution >= 4 is 67.7 Å². The number of hydrogen-bond acceptors (Lipinski definition) is 9. The number of nitro benzene ring substituents is 1. The minimum atomic E-state index is -2.86. The van der Waals surface area contributed by atoms with Crippen LogP contribution in [0.3, 0.4) is 0 Å². The van der Waals surface area contributed by atoms with Gasteiger partial charge < -0.3 is 15.8 Å². The third kappa shape index (κ3) is 5.73. The molecule has 0 radical (unpaired) electrons. The van der Waals surface area contributed by atoms with E-state index < -0.39 is 28.9 Å². The molecule has 3 N–H and O–H groups in total. The highest BCUT2D eigenvalue weighted by Crippen LogP contribution is 2.44. The van der Waals surface area contributed by atoms with Crippen LogP contribution in [0.15, 0.2) is 48.7 Å². The number of nitrogens with one attached hydrogen (secondary N) is 1. The first-order valence-electron chi connectivity index (χ1n) is 11.6. The number of amides is 2. The van der Waals surface area contributed by atoms with Crippen LogP contribution < -0.4 is 15.8 Å². The van der Waals surface area contributed by atoms with Crippen molar-refractivity contribution in [2.75, 3.05) is 5.32 Å². The molecule has 41 heavy (non-hydrogen) atoms. The van der Waals surface area contributed by atoms with Crippen LogP contribution in [0.4, 0.5) is 20.2 Å². The lowest BCUT2D eigenvalue weighted by Crippen LogP contribution is -2.17. The number of carbonyl (C=O) groups excluding carboxylic acids is 2. The highest BCUT2D eigenvalue weighted by atomic mass is 35.5. The summed E-state index contributed by atoms with van der Waals surface area (Å²) in [4.78, 5) is 41.5. The molecule has 0 spiro atoms. The van der Waals surface area contributed by atoms with Gasteiger partial charge in [-0.2, -0.15) is 5.10 Å². The number of anilines is 1. The van der Waals surface area contributed by atoms with Gasteiger partial charge in [-0.05, 0) is 37.3 Å². The average Bonchev–Trinajstić information content (AvgIpc) is 3.66. The first-order valence-corrected chi connectivity index (χ1v) is 13.6. The number of nitrogens with zero attached hydrogens (tertiary/aromatic N) is 4. The summed E-state index contributed by atoms with van der Waals surface area (Å²) in [6, 6.07) is 9.93. The van der Waals surface area contributed by atoms with Crippen LogP contribution in [0.25, 0.3) is 20.7 Å². The van der Waals surface area contributed by atoms with Crippen molar-refractivity contribution in [1.82, 2.24) is 14.8 Å². The van der Waals surface area contributed by atoms with E-state index in [0.717, 1.165) is 22.3 Å². The third-order valence-electron chi connectivity index (χ3n) is 5.73. The lowest BCUT2D eigenvalue weighted by molar-refractivity contribution is -0.384. The fraction of sp³-hybridized carbons (Fsp3) is 0.120. The fourth-order valence-corrected chi connectivity index (χ4v) is 6.02. The number of non-ortho nitro benzene ring substituents is 1. The first-order chi connectivity index (χ1) is 19.5. The number of fused-ring (bicyclic) bond motifs is 1. The minimum absolute atomic E-state index is 0.0213. The number of ether oxygens (including phenoxy) is 1. The van der Waals surface area contributed by atoms with E-state index in [-0.39, 0.29) is 44.3 Å². The Morgan fingerprint density at radius 1 is 1.22 bits per heavy atom. The number of carbonyl (C=O) groups is 2. The zero-order chi connectivity index (χ0) is 29.4. The van der Waals surface area contributed by atoms with Gasteiger partial charge >= 0.3 is 0 Å². The number of hydrogen-bond donors (Lipinski definition) is 2. The molecule has 0 saturated carbocycles. The van der Waals surface area contributed by atoms with Crippen LogP contribution in [0.1, 0.15) is 37.2 Å². The number of benzene rings is 1. The molecular weight excluding hydrogens is 602 g/mol. The molecule has 5 aromatic rings. The van der Waals surface area contributed by atoms with E-state index >= 15 is 0 Å². The summed E-state index contributed by atoms with van der Waals surface area (Å²) in [5, 5.41) is 18.0. The Morgan fingerprint density at radius 2 is 2.00 bits per heavy atom. The second-order valence-corrected chi connectivity index (χ2v) is 11.2. The molecule has 1 aromatic carbocycles. The topological polar surface area (TPSA) is 155 Å². The van der Waals surface area contributed by atoms with Gasteiger partial charge in [0.2, 0.25) is 0 Å². The lowest BCUT2D eigenvalue weighted by Gasteiger charge is -2.09. The van der Waals surface area contributed by atoms with Gasteiger partial charge in [0, 0.05) is 39.0 Å². The maximum absolute atomic E-state index is 13.7. The molecule has 11 nitrogen and oxygen atoms in total. The van der Waals surface area contributed by atoms with Crippen molar-refractivity contribution in [3.05, 3.63) is 84.9 Å². The molecule has 5 rings (SSSR count). The van der Waals surface area contributed by atoms with Gasteiger partial charge in [0.25, 0.3) is 23.9 Å². The van der Waals surface area contributed by atoms with Gasteiger partial charge in [-0.15, -0.1) is 22.7 Å². The quantitative estimate of drug-likeness (QED) is 0.143. The molecule has 210 valence electrons. The molecule has 2 amide bonds. The van der Waals surface area contributed by atoms with Gasteiger partial charge in [-0.3, -0.25) is 19.7 Å². The highest BCUT2D eigenvalue weighted by molar-refractivity contribution is 7.21. The largest absolute Gasteiger partial charge is 0.470 e. The molecule has 4 heterocycles. The monoisotopic (exact) mass is 618 g/mol. The summed E-state index contributed by atoms with van der Waals surface area (Å²) in [5.41, 5.74) is 5.28. The second kappa shape index (κ2) is 11.2.